The van der Waals surface area contributed by atoms with Gasteiger partial charge in [-0.3, -0.25) is 0 Å². The lowest BCUT2D eigenvalue weighted by molar-refractivity contribution is 0.463. The van der Waals surface area contributed by atoms with Gasteiger partial charge in [0.2, 0.25) is 0 Å². The van der Waals surface area contributed by atoms with Crippen molar-refractivity contribution in [2.75, 3.05) is 5.75 Å². The Morgan fingerprint density at radius 3 is 2.88 bits per heavy atom. The topological polar surface area (TPSA) is 66.4 Å². The van der Waals surface area contributed by atoms with Gasteiger partial charge in [0.25, 0.3) is 0 Å². The predicted octanol–water partition coefficient (Wildman–Crippen LogP) is 1.45. The standard InChI is InChI=1S/C11H12ClNO3S/c12-9-1-2-11(14)8(5-9)6-13-10-3-4-17(15,16)7-10/h1-5,10,13-14H,6-7H2. The average Bonchev–Trinajstić information content (AvgIpc) is 2.60. The first kappa shape index (κ1) is 12.4. The lowest BCUT2D eigenvalue weighted by Crippen LogP contribution is -2.29. The average molecular weight is 274 g/mol. The molecule has 1 heterocycles. The predicted molar refractivity (Wildman–Crippen MR) is 66.7 cm³/mol. The summed E-state index contributed by atoms with van der Waals surface area (Å²) < 4.78 is 22.4. The summed E-state index contributed by atoms with van der Waals surface area (Å²) in [6, 6.07) is 4.55. The molecule has 0 saturated heterocycles. The molecule has 1 aliphatic heterocycles. The van der Waals surface area contributed by atoms with Crippen molar-refractivity contribution >= 4 is 21.4 Å². The maximum Gasteiger partial charge on any atom is 0.173 e. The molecule has 1 atom stereocenters. The Balaban J connectivity index is 1.99. The van der Waals surface area contributed by atoms with Gasteiger partial charge in [0, 0.05) is 28.6 Å². The van der Waals surface area contributed by atoms with E-state index >= 15 is 0 Å². The lowest BCUT2D eigenvalue weighted by atomic mass is 10.2. The molecule has 0 fully saturated rings. The van der Waals surface area contributed by atoms with Crippen molar-refractivity contribution in [3.8, 4) is 5.75 Å². The second-order valence-electron chi connectivity index (χ2n) is 3.92. The van der Waals surface area contributed by atoms with Gasteiger partial charge in [-0.1, -0.05) is 17.7 Å². The molecule has 6 heteroatoms. The number of benzene rings is 1. The van der Waals surface area contributed by atoms with Crippen LogP contribution in [0.1, 0.15) is 5.56 Å². The molecule has 1 aliphatic rings. The summed E-state index contributed by atoms with van der Waals surface area (Å²) >= 11 is 5.81. The molecule has 2 rings (SSSR count). The largest absolute Gasteiger partial charge is 0.508 e. The third-order valence-corrected chi connectivity index (χ3v) is 4.16. The summed E-state index contributed by atoms with van der Waals surface area (Å²) in [4.78, 5) is 0. The number of nitrogens with one attached hydrogen (secondary N) is 1. The fraction of sp³-hybridized carbons (Fsp3) is 0.273. The number of rotatable bonds is 3. The molecular weight excluding hydrogens is 262 g/mol. The smallest absolute Gasteiger partial charge is 0.173 e. The van der Waals surface area contributed by atoms with Gasteiger partial charge in [0.1, 0.15) is 5.75 Å². The molecule has 2 N–H and O–H groups in total. The fourth-order valence-corrected chi connectivity index (χ4v) is 3.10. The summed E-state index contributed by atoms with van der Waals surface area (Å²) in [5.74, 6) is 0.209. The fourth-order valence-electron chi connectivity index (χ4n) is 1.64. The summed E-state index contributed by atoms with van der Waals surface area (Å²) in [7, 11) is -3.05. The molecule has 17 heavy (non-hydrogen) atoms. The Morgan fingerprint density at radius 2 is 2.24 bits per heavy atom. The molecule has 4 nitrogen and oxygen atoms in total. The van der Waals surface area contributed by atoms with Crippen molar-refractivity contribution in [2.45, 2.75) is 12.6 Å². The van der Waals surface area contributed by atoms with E-state index in [4.69, 9.17) is 11.6 Å². The monoisotopic (exact) mass is 273 g/mol. The van der Waals surface area contributed by atoms with E-state index in [0.29, 0.717) is 17.1 Å². The van der Waals surface area contributed by atoms with E-state index in [2.05, 4.69) is 5.32 Å². The van der Waals surface area contributed by atoms with Crippen molar-refractivity contribution in [3.05, 3.63) is 40.3 Å². The Hall–Kier alpha value is -1.04. The van der Waals surface area contributed by atoms with Crippen molar-refractivity contribution in [3.63, 3.8) is 0 Å². The minimum Gasteiger partial charge on any atom is -0.508 e. The van der Waals surface area contributed by atoms with E-state index in [1.54, 1.807) is 18.2 Å². The van der Waals surface area contributed by atoms with Crippen LogP contribution >= 0.6 is 11.6 Å². The van der Waals surface area contributed by atoms with Gasteiger partial charge in [-0.25, -0.2) is 8.42 Å². The molecule has 0 saturated carbocycles. The van der Waals surface area contributed by atoms with Crippen LogP contribution in [0.3, 0.4) is 0 Å². The van der Waals surface area contributed by atoms with Crippen LogP contribution < -0.4 is 5.32 Å². The highest BCUT2D eigenvalue weighted by Crippen LogP contribution is 2.21. The molecule has 1 aromatic rings. The number of phenolic OH excluding ortho intramolecular Hbond substituents is 1. The minimum atomic E-state index is -3.05. The zero-order chi connectivity index (χ0) is 12.5. The van der Waals surface area contributed by atoms with E-state index < -0.39 is 9.84 Å². The molecule has 92 valence electrons. The van der Waals surface area contributed by atoms with Crippen molar-refractivity contribution < 1.29 is 13.5 Å². The second kappa shape index (κ2) is 4.68. The van der Waals surface area contributed by atoms with Crippen LogP contribution in [-0.4, -0.2) is 25.3 Å². The highest BCUT2D eigenvalue weighted by Gasteiger charge is 2.21. The van der Waals surface area contributed by atoms with E-state index in [1.807, 2.05) is 0 Å². The van der Waals surface area contributed by atoms with Gasteiger partial charge in [0.15, 0.2) is 9.84 Å². The quantitative estimate of drug-likeness (QED) is 0.875. The molecule has 0 bridgehead atoms. The number of phenols is 1. The second-order valence-corrected chi connectivity index (χ2v) is 6.29. The third kappa shape index (κ3) is 3.21. The number of halogens is 1. The minimum absolute atomic E-state index is 0.0638. The SMILES string of the molecule is O=S1(=O)C=CC(NCc2cc(Cl)ccc2O)C1. The molecule has 0 radical (unpaired) electrons. The first-order valence-corrected chi connectivity index (χ1v) is 7.17. The Labute approximate surface area is 105 Å². The van der Waals surface area contributed by atoms with Gasteiger partial charge in [-0.2, -0.15) is 0 Å². The number of aromatic hydroxyl groups is 1. The van der Waals surface area contributed by atoms with Crippen LogP contribution in [0.2, 0.25) is 5.02 Å². The number of sulfone groups is 1. The number of hydrogen-bond acceptors (Lipinski definition) is 4. The van der Waals surface area contributed by atoms with Crippen LogP contribution in [-0.2, 0) is 16.4 Å². The molecule has 0 amide bonds. The van der Waals surface area contributed by atoms with Crippen LogP contribution in [0.5, 0.6) is 5.75 Å². The maximum absolute atomic E-state index is 11.2. The summed E-state index contributed by atoms with van der Waals surface area (Å²) in [5.41, 5.74) is 0.648. The molecule has 0 spiro atoms. The van der Waals surface area contributed by atoms with Gasteiger partial charge < -0.3 is 10.4 Å². The van der Waals surface area contributed by atoms with E-state index in [9.17, 15) is 13.5 Å². The Bertz CT molecular complexity index is 554. The summed E-state index contributed by atoms with van der Waals surface area (Å²) in [6.45, 7) is 0.372. The lowest BCUT2D eigenvalue weighted by Gasteiger charge is -2.11. The van der Waals surface area contributed by atoms with Crippen molar-refractivity contribution in [1.82, 2.24) is 5.32 Å². The van der Waals surface area contributed by atoms with Gasteiger partial charge >= 0.3 is 0 Å². The van der Waals surface area contributed by atoms with Crippen molar-refractivity contribution in [2.24, 2.45) is 0 Å². The molecule has 0 aliphatic carbocycles. The Morgan fingerprint density at radius 1 is 1.47 bits per heavy atom. The van der Waals surface area contributed by atoms with Gasteiger partial charge in [0.05, 0.1) is 5.75 Å². The summed E-state index contributed by atoms with van der Waals surface area (Å²) in [6.07, 6.45) is 1.61. The van der Waals surface area contributed by atoms with E-state index in [0.717, 1.165) is 0 Å². The zero-order valence-electron chi connectivity index (χ0n) is 8.93. The molecule has 0 aromatic heterocycles. The van der Waals surface area contributed by atoms with E-state index in [1.165, 1.54) is 11.5 Å². The van der Waals surface area contributed by atoms with Crippen LogP contribution in [0.25, 0.3) is 0 Å². The van der Waals surface area contributed by atoms with Crippen molar-refractivity contribution in [1.29, 1.82) is 0 Å². The molecule has 1 aromatic carbocycles. The summed E-state index contributed by atoms with van der Waals surface area (Å²) in [5, 5.41) is 14.4. The molecule has 1 unspecified atom stereocenters. The van der Waals surface area contributed by atoms with Crippen LogP contribution in [0.15, 0.2) is 29.7 Å². The Kier molecular flexibility index (Phi) is 3.42. The highest BCUT2D eigenvalue weighted by atomic mass is 35.5. The normalized spacial score (nSPS) is 21.8. The van der Waals surface area contributed by atoms with Crippen LogP contribution in [0.4, 0.5) is 0 Å². The van der Waals surface area contributed by atoms with Gasteiger partial charge in [-0.05, 0) is 18.2 Å². The van der Waals surface area contributed by atoms with E-state index in [-0.39, 0.29) is 17.5 Å². The zero-order valence-corrected chi connectivity index (χ0v) is 10.5. The number of hydrogen-bond donors (Lipinski definition) is 2. The van der Waals surface area contributed by atoms with Crippen LogP contribution in [0, 0.1) is 0 Å². The highest BCUT2D eigenvalue weighted by molar-refractivity contribution is 7.94. The third-order valence-electron chi connectivity index (χ3n) is 2.53. The first-order chi connectivity index (χ1) is 7.96. The maximum atomic E-state index is 11.2. The first-order valence-electron chi connectivity index (χ1n) is 5.08. The van der Waals surface area contributed by atoms with Gasteiger partial charge in [-0.15, -0.1) is 0 Å². The molecular formula is C11H12ClNO3S.